The monoisotopic (exact) mass is 230 g/mol. The topological polar surface area (TPSA) is 65.2 Å². The van der Waals surface area contributed by atoms with Crippen LogP contribution >= 0.6 is 11.3 Å². The first kappa shape index (κ1) is 14.1. The lowest BCUT2D eigenvalue weighted by Gasteiger charge is -2.06. The van der Waals surface area contributed by atoms with E-state index in [9.17, 15) is 4.79 Å². The molecule has 0 unspecified atom stereocenters. The van der Waals surface area contributed by atoms with E-state index in [0.717, 1.165) is 0 Å². The second-order valence-electron chi connectivity index (χ2n) is 3.96. The van der Waals surface area contributed by atoms with Crippen LogP contribution in [0.5, 0.6) is 0 Å². The van der Waals surface area contributed by atoms with Gasteiger partial charge in [0.15, 0.2) is 5.69 Å². The molecule has 0 aliphatic heterocycles. The second kappa shape index (κ2) is 6.53. The number of hydrogen-bond acceptors (Lipinski definition) is 5. The SMILES string of the molecule is CC(C)(C)N.CCOC(=O)c1cscn1. The zero-order chi connectivity index (χ0) is 11.9. The van der Waals surface area contributed by atoms with Crippen LogP contribution in [0.3, 0.4) is 0 Å². The van der Waals surface area contributed by atoms with Gasteiger partial charge < -0.3 is 10.5 Å². The first-order valence-corrected chi connectivity index (χ1v) is 5.63. The van der Waals surface area contributed by atoms with Gasteiger partial charge in [0, 0.05) is 10.9 Å². The van der Waals surface area contributed by atoms with Crippen molar-refractivity contribution in [2.75, 3.05) is 6.61 Å². The fourth-order valence-electron chi connectivity index (χ4n) is 0.518. The van der Waals surface area contributed by atoms with Crippen molar-refractivity contribution in [2.45, 2.75) is 33.2 Å². The summed E-state index contributed by atoms with van der Waals surface area (Å²) in [7, 11) is 0. The van der Waals surface area contributed by atoms with Crippen LogP contribution in [-0.2, 0) is 4.74 Å². The van der Waals surface area contributed by atoms with Gasteiger partial charge in [-0.15, -0.1) is 11.3 Å². The number of ether oxygens (including phenoxy) is 1. The highest BCUT2D eigenvalue weighted by Crippen LogP contribution is 2.01. The van der Waals surface area contributed by atoms with Crippen molar-refractivity contribution in [1.82, 2.24) is 4.98 Å². The van der Waals surface area contributed by atoms with Crippen LogP contribution in [0.25, 0.3) is 0 Å². The van der Waals surface area contributed by atoms with Crippen LogP contribution in [0.2, 0.25) is 0 Å². The van der Waals surface area contributed by atoms with Gasteiger partial charge in [0.25, 0.3) is 0 Å². The van der Waals surface area contributed by atoms with Crippen molar-refractivity contribution in [2.24, 2.45) is 5.73 Å². The molecule has 0 amide bonds. The summed E-state index contributed by atoms with van der Waals surface area (Å²) >= 11 is 1.38. The average molecular weight is 230 g/mol. The van der Waals surface area contributed by atoms with Crippen LogP contribution in [0.4, 0.5) is 0 Å². The van der Waals surface area contributed by atoms with Crippen molar-refractivity contribution >= 4 is 17.3 Å². The third-order valence-corrected chi connectivity index (χ3v) is 1.50. The Kier molecular flexibility index (Phi) is 6.12. The molecular weight excluding hydrogens is 212 g/mol. The third-order valence-electron chi connectivity index (χ3n) is 0.917. The predicted molar refractivity (Wildman–Crippen MR) is 62.0 cm³/mol. The molecule has 86 valence electrons. The predicted octanol–water partition coefficient (Wildman–Crippen LogP) is 2.06. The van der Waals surface area contributed by atoms with E-state index in [0.29, 0.717) is 12.3 Å². The fraction of sp³-hybridized carbons (Fsp3) is 0.600. The molecule has 0 aliphatic rings. The minimum absolute atomic E-state index is 0. The highest BCUT2D eigenvalue weighted by atomic mass is 32.1. The Hall–Kier alpha value is -0.940. The summed E-state index contributed by atoms with van der Waals surface area (Å²) < 4.78 is 4.69. The molecule has 1 aromatic heterocycles. The van der Waals surface area contributed by atoms with E-state index < -0.39 is 0 Å². The molecule has 0 saturated heterocycles. The molecule has 1 rings (SSSR count). The third kappa shape index (κ3) is 9.37. The summed E-state index contributed by atoms with van der Waals surface area (Å²) in [6.07, 6.45) is 0. The standard InChI is InChI=1S/C6H7NO2S.C4H11N/c1-2-9-6(8)5-3-10-4-7-5;1-4(2,3)5/h3-4H,2H2,1H3;5H2,1-3H3. The van der Waals surface area contributed by atoms with Gasteiger partial charge in [0.2, 0.25) is 0 Å². The highest BCUT2D eigenvalue weighted by Gasteiger charge is 2.06. The van der Waals surface area contributed by atoms with Crippen molar-refractivity contribution < 1.29 is 9.53 Å². The summed E-state index contributed by atoms with van der Waals surface area (Å²) in [5.41, 5.74) is 7.35. The van der Waals surface area contributed by atoms with Crippen LogP contribution in [-0.4, -0.2) is 23.1 Å². The highest BCUT2D eigenvalue weighted by molar-refractivity contribution is 7.07. The van der Waals surface area contributed by atoms with Crippen molar-refractivity contribution in [3.8, 4) is 0 Å². The quantitative estimate of drug-likeness (QED) is 0.790. The Bertz CT molecular complexity index is 272. The number of carbonyl (C=O) groups excluding carboxylic acids is 1. The Labute approximate surface area is 94.5 Å². The van der Waals surface area contributed by atoms with Gasteiger partial charge in [0.05, 0.1) is 12.1 Å². The van der Waals surface area contributed by atoms with Crippen molar-refractivity contribution in [1.29, 1.82) is 0 Å². The number of rotatable bonds is 2. The van der Waals surface area contributed by atoms with Crippen LogP contribution in [0.1, 0.15) is 38.2 Å². The summed E-state index contributed by atoms with van der Waals surface area (Å²) in [5, 5.41) is 1.66. The van der Waals surface area contributed by atoms with Crippen LogP contribution in [0, 0.1) is 0 Å². The van der Waals surface area contributed by atoms with Gasteiger partial charge in [-0.2, -0.15) is 0 Å². The number of carbonyl (C=O) groups is 1. The van der Waals surface area contributed by atoms with E-state index in [1.54, 1.807) is 17.8 Å². The Morgan fingerprint density at radius 1 is 1.60 bits per heavy atom. The average Bonchev–Trinajstić information content (AvgIpc) is 2.52. The summed E-state index contributed by atoms with van der Waals surface area (Å²) in [6, 6.07) is 0. The number of nitrogens with zero attached hydrogens (tertiary/aromatic N) is 1. The van der Waals surface area contributed by atoms with E-state index in [1.165, 1.54) is 11.3 Å². The largest absolute Gasteiger partial charge is 0.461 e. The summed E-state index contributed by atoms with van der Waals surface area (Å²) in [5.74, 6) is -0.344. The number of esters is 1. The molecule has 0 aromatic carbocycles. The maximum absolute atomic E-state index is 10.8. The number of nitrogens with two attached hydrogens (primary N) is 1. The molecule has 0 bridgehead atoms. The van der Waals surface area contributed by atoms with Crippen LogP contribution < -0.4 is 5.73 Å². The van der Waals surface area contributed by atoms with Crippen molar-refractivity contribution in [3.63, 3.8) is 0 Å². The number of aromatic nitrogens is 1. The molecule has 4 nitrogen and oxygen atoms in total. The smallest absolute Gasteiger partial charge is 0.357 e. The molecule has 0 fully saturated rings. The molecule has 0 aliphatic carbocycles. The summed E-state index contributed by atoms with van der Waals surface area (Å²) in [6.45, 7) is 8.06. The lowest BCUT2D eigenvalue weighted by atomic mass is 10.1. The molecule has 0 radical (unpaired) electrons. The van der Waals surface area contributed by atoms with Gasteiger partial charge in [-0.1, -0.05) is 0 Å². The minimum Gasteiger partial charge on any atom is -0.461 e. The molecular formula is C10H18N2O2S. The first-order valence-electron chi connectivity index (χ1n) is 4.68. The van der Waals surface area contributed by atoms with E-state index in [-0.39, 0.29) is 11.5 Å². The zero-order valence-corrected chi connectivity index (χ0v) is 10.4. The lowest BCUT2D eigenvalue weighted by molar-refractivity contribution is 0.0520. The van der Waals surface area contributed by atoms with Gasteiger partial charge in [0.1, 0.15) is 0 Å². The Balaban J connectivity index is 0.000000336. The molecule has 15 heavy (non-hydrogen) atoms. The van der Waals surface area contributed by atoms with E-state index in [2.05, 4.69) is 4.98 Å². The normalized spacial score (nSPS) is 10.2. The van der Waals surface area contributed by atoms with Gasteiger partial charge in [-0.3, -0.25) is 0 Å². The maximum atomic E-state index is 10.8. The molecule has 5 heteroatoms. The summed E-state index contributed by atoms with van der Waals surface area (Å²) in [4.78, 5) is 14.6. The fourth-order valence-corrected chi connectivity index (χ4v) is 1.04. The Morgan fingerprint density at radius 2 is 2.13 bits per heavy atom. The minimum atomic E-state index is -0.344. The van der Waals surface area contributed by atoms with E-state index in [4.69, 9.17) is 10.5 Å². The molecule has 0 saturated carbocycles. The molecule has 0 atom stereocenters. The van der Waals surface area contributed by atoms with E-state index >= 15 is 0 Å². The lowest BCUT2D eigenvalue weighted by Crippen LogP contribution is -2.26. The molecule has 1 aromatic rings. The van der Waals surface area contributed by atoms with Gasteiger partial charge in [-0.25, -0.2) is 9.78 Å². The first-order chi connectivity index (χ1) is 6.84. The molecule has 2 N–H and O–H groups in total. The maximum Gasteiger partial charge on any atom is 0.357 e. The molecule has 1 heterocycles. The second-order valence-corrected chi connectivity index (χ2v) is 4.68. The van der Waals surface area contributed by atoms with Gasteiger partial charge >= 0.3 is 5.97 Å². The van der Waals surface area contributed by atoms with Crippen LogP contribution in [0.15, 0.2) is 10.9 Å². The van der Waals surface area contributed by atoms with Crippen molar-refractivity contribution in [3.05, 3.63) is 16.6 Å². The zero-order valence-electron chi connectivity index (χ0n) is 9.61. The van der Waals surface area contributed by atoms with Gasteiger partial charge in [-0.05, 0) is 27.7 Å². The number of hydrogen-bond donors (Lipinski definition) is 1. The Morgan fingerprint density at radius 3 is 2.47 bits per heavy atom. The van der Waals surface area contributed by atoms with E-state index in [1.807, 2.05) is 20.8 Å². The number of thiazole rings is 1. The molecule has 0 spiro atoms.